The van der Waals surface area contributed by atoms with Crippen molar-refractivity contribution in [2.24, 2.45) is 11.8 Å². The van der Waals surface area contributed by atoms with Crippen LogP contribution in [0.1, 0.15) is 25.7 Å². The third-order valence-electron chi connectivity index (χ3n) is 2.57. The molecule has 2 heteroatoms. The van der Waals surface area contributed by atoms with Crippen molar-refractivity contribution in [2.45, 2.75) is 25.7 Å². The normalized spacial score (nSPS) is 23.4. The second kappa shape index (κ2) is 3.93. The summed E-state index contributed by atoms with van der Waals surface area (Å²) in [6.07, 6.45) is 4.10. The van der Waals surface area contributed by atoms with Crippen molar-refractivity contribution in [1.82, 2.24) is 0 Å². The Balaban J connectivity index is 1.84. The van der Waals surface area contributed by atoms with Gasteiger partial charge in [-0.1, -0.05) is 5.92 Å². The maximum Gasteiger partial charge on any atom is 0.208 e. The minimum atomic E-state index is 0.134. The van der Waals surface area contributed by atoms with Gasteiger partial charge >= 0.3 is 0 Å². The largest absolute Gasteiger partial charge is 0.381 e. The van der Waals surface area contributed by atoms with Crippen LogP contribution in [0.2, 0.25) is 0 Å². The summed E-state index contributed by atoms with van der Waals surface area (Å²) < 4.78 is 5.19. The molecule has 0 aromatic carbocycles. The highest BCUT2D eigenvalue weighted by Gasteiger charge is 2.21. The predicted molar refractivity (Wildman–Crippen MR) is 49.1 cm³/mol. The summed E-state index contributed by atoms with van der Waals surface area (Å²) in [5, 5.41) is 0. The zero-order valence-electron chi connectivity index (χ0n) is 7.71. The average Bonchev–Trinajstić information content (AvgIpc) is 2.99. The molecule has 0 radical (unpaired) electrons. The lowest BCUT2D eigenvalue weighted by molar-refractivity contribution is -0.120. The molecular formula is C11H14O2. The zero-order chi connectivity index (χ0) is 9.10. The molecule has 0 atom stereocenters. The lowest BCUT2D eigenvalue weighted by Crippen LogP contribution is -2.22. The van der Waals surface area contributed by atoms with E-state index in [1.807, 2.05) is 0 Å². The van der Waals surface area contributed by atoms with E-state index in [0.29, 0.717) is 5.92 Å². The molecule has 1 heterocycles. The molecule has 0 N–H and O–H groups in total. The van der Waals surface area contributed by atoms with Crippen LogP contribution in [0.4, 0.5) is 0 Å². The SMILES string of the molecule is O=C(C#CC1CC1)C1CCOCC1. The van der Waals surface area contributed by atoms with Crippen LogP contribution in [0.3, 0.4) is 0 Å². The van der Waals surface area contributed by atoms with Gasteiger partial charge in [0.1, 0.15) is 0 Å². The molecule has 0 unspecified atom stereocenters. The van der Waals surface area contributed by atoms with Crippen molar-refractivity contribution in [1.29, 1.82) is 0 Å². The smallest absolute Gasteiger partial charge is 0.208 e. The molecule has 1 saturated carbocycles. The number of ether oxygens (including phenoxy) is 1. The van der Waals surface area contributed by atoms with Gasteiger partial charge in [0.2, 0.25) is 5.78 Å². The van der Waals surface area contributed by atoms with E-state index in [4.69, 9.17) is 4.74 Å². The van der Waals surface area contributed by atoms with Gasteiger partial charge in [0.15, 0.2) is 0 Å². The van der Waals surface area contributed by atoms with Gasteiger partial charge in [0, 0.05) is 25.0 Å². The fourth-order valence-corrected chi connectivity index (χ4v) is 1.46. The fraction of sp³-hybridized carbons (Fsp3) is 0.727. The van der Waals surface area contributed by atoms with Crippen LogP contribution in [0.5, 0.6) is 0 Å². The van der Waals surface area contributed by atoms with Crippen LogP contribution in [0.15, 0.2) is 0 Å². The molecule has 70 valence electrons. The van der Waals surface area contributed by atoms with Gasteiger partial charge < -0.3 is 4.74 Å². The van der Waals surface area contributed by atoms with Crippen molar-refractivity contribution < 1.29 is 9.53 Å². The predicted octanol–water partition coefficient (Wildman–Crippen LogP) is 1.40. The molecule has 1 aliphatic carbocycles. The Morgan fingerprint density at radius 2 is 1.85 bits per heavy atom. The number of carbonyl (C=O) groups is 1. The van der Waals surface area contributed by atoms with E-state index in [9.17, 15) is 4.79 Å². The van der Waals surface area contributed by atoms with Gasteiger partial charge in [-0.15, -0.1) is 0 Å². The van der Waals surface area contributed by atoms with E-state index in [1.165, 1.54) is 12.8 Å². The molecule has 1 aliphatic heterocycles. The molecule has 2 rings (SSSR count). The topological polar surface area (TPSA) is 26.3 Å². The molecule has 2 nitrogen and oxygen atoms in total. The molecule has 0 aromatic rings. The maximum atomic E-state index is 11.5. The summed E-state index contributed by atoms with van der Waals surface area (Å²) >= 11 is 0. The fourth-order valence-electron chi connectivity index (χ4n) is 1.46. The first kappa shape index (κ1) is 8.77. The maximum absolute atomic E-state index is 11.5. The number of ketones is 1. The number of hydrogen-bond acceptors (Lipinski definition) is 2. The van der Waals surface area contributed by atoms with Gasteiger partial charge in [-0.2, -0.15) is 0 Å². The molecule has 1 saturated heterocycles. The van der Waals surface area contributed by atoms with Crippen molar-refractivity contribution in [3.8, 4) is 11.8 Å². The quantitative estimate of drug-likeness (QED) is 0.448. The van der Waals surface area contributed by atoms with Crippen LogP contribution in [-0.2, 0) is 9.53 Å². The van der Waals surface area contributed by atoms with E-state index in [1.54, 1.807) is 0 Å². The Kier molecular flexibility index (Phi) is 2.65. The highest BCUT2D eigenvalue weighted by atomic mass is 16.5. The summed E-state index contributed by atoms with van der Waals surface area (Å²) in [5.74, 6) is 6.60. The molecular weight excluding hydrogens is 164 g/mol. The van der Waals surface area contributed by atoms with Crippen LogP contribution in [-0.4, -0.2) is 19.0 Å². The Morgan fingerprint density at radius 3 is 2.46 bits per heavy atom. The third-order valence-corrected chi connectivity index (χ3v) is 2.57. The lowest BCUT2D eigenvalue weighted by Gasteiger charge is -2.18. The standard InChI is InChI=1S/C11H14O2/c12-11(4-3-9-1-2-9)10-5-7-13-8-6-10/h9-10H,1-2,5-8H2. The highest BCUT2D eigenvalue weighted by molar-refractivity contribution is 5.97. The van der Waals surface area contributed by atoms with Crippen molar-refractivity contribution >= 4 is 5.78 Å². The Labute approximate surface area is 78.7 Å². The second-order valence-electron chi connectivity index (χ2n) is 3.79. The van der Waals surface area contributed by atoms with Crippen LogP contribution in [0.25, 0.3) is 0 Å². The summed E-state index contributed by atoms with van der Waals surface area (Å²) in [6.45, 7) is 1.45. The van der Waals surface area contributed by atoms with Gasteiger partial charge in [0.25, 0.3) is 0 Å². The molecule has 0 spiro atoms. The number of carbonyl (C=O) groups excluding carboxylic acids is 1. The average molecular weight is 178 g/mol. The van der Waals surface area contributed by atoms with Crippen molar-refractivity contribution in [3.05, 3.63) is 0 Å². The van der Waals surface area contributed by atoms with Crippen LogP contribution >= 0.6 is 0 Å². The zero-order valence-corrected chi connectivity index (χ0v) is 7.71. The monoisotopic (exact) mass is 178 g/mol. The summed E-state index contributed by atoms with van der Waals surface area (Å²) in [6, 6.07) is 0. The van der Waals surface area contributed by atoms with E-state index >= 15 is 0 Å². The number of Topliss-reactive ketones (excluding diaryl/α,β-unsaturated/α-hetero) is 1. The van der Waals surface area contributed by atoms with Gasteiger partial charge in [0.05, 0.1) is 0 Å². The third kappa shape index (κ3) is 2.57. The summed E-state index contributed by atoms with van der Waals surface area (Å²) in [5.41, 5.74) is 0. The Hall–Kier alpha value is -0.810. The van der Waals surface area contributed by atoms with E-state index < -0.39 is 0 Å². The van der Waals surface area contributed by atoms with Crippen molar-refractivity contribution in [3.63, 3.8) is 0 Å². The first-order chi connectivity index (χ1) is 6.36. The van der Waals surface area contributed by atoms with Gasteiger partial charge in [-0.05, 0) is 31.6 Å². The minimum absolute atomic E-state index is 0.134. The van der Waals surface area contributed by atoms with E-state index in [2.05, 4.69) is 11.8 Å². The van der Waals surface area contributed by atoms with E-state index in [0.717, 1.165) is 26.1 Å². The molecule has 0 amide bonds. The molecule has 0 bridgehead atoms. The van der Waals surface area contributed by atoms with E-state index in [-0.39, 0.29) is 11.7 Å². The number of rotatable bonds is 1. The van der Waals surface area contributed by atoms with Gasteiger partial charge in [-0.25, -0.2) is 0 Å². The van der Waals surface area contributed by atoms with Crippen LogP contribution in [0, 0.1) is 23.7 Å². The molecule has 0 aromatic heterocycles. The molecule has 13 heavy (non-hydrogen) atoms. The van der Waals surface area contributed by atoms with Crippen LogP contribution < -0.4 is 0 Å². The lowest BCUT2D eigenvalue weighted by atomic mass is 9.96. The number of hydrogen-bond donors (Lipinski definition) is 0. The first-order valence-electron chi connectivity index (χ1n) is 4.99. The second-order valence-corrected chi connectivity index (χ2v) is 3.79. The minimum Gasteiger partial charge on any atom is -0.381 e. The summed E-state index contributed by atoms with van der Waals surface area (Å²) in [4.78, 5) is 11.5. The van der Waals surface area contributed by atoms with Gasteiger partial charge in [-0.3, -0.25) is 4.79 Å². The summed E-state index contributed by atoms with van der Waals surface area (Å²) in [7, 11) is 0. The molecule has 2 fully saturated rings. The Morgan fingerprint density at radius 1 is 1.15 bits per heavy atom. The first-order valence-corrected chi connectivity index (χ1v) is 4.99. The van der Waals surface area contributed by atoms with Crippen molar-refractivity contribution in [2.75, 3.05) is 13.2 Å². The molecule has 2 aliphatic rings. The Bertz CT molecular complexity index is 249. The highest BCUT2D eigenvalue weighted by Crippen LogP contribution is 2.27.